The molecule has 17 heavy (non-hydrogen) atoms. The smallest absolute Gasteiger partial charge is 0.0933 e. The number of aliphatic hydroxyl groups excluding tert-OH is 1. The highest BCUT2D eigenvalue weighted by molar-refractivity contribution is 6.30. The molecule has 1 aromatic rings. The molecule has 1 N–H and O–H groups in total. The molecule has 1 atom stereocenters. The lowest BCUT2D eigenvalue weighted by Gasteiger charge is -2.32. The Hall–Kier alpha value is -0.610. The summed E-state index contributed by atoms with van der Waals surface area (Å²) in [6.45, 7) is 5.46. The van der Waals surface area contributed by atoms with Gasteiger partial charge in [-0.15, -0.1) is 0 Å². The van der Waals surface area contributed by atoms with Gasteiger partial charge in [0.2, 0.25) is 0 Å². The van der Waals surface area contributed by atoms with Crippen molar-refractivity contribution in [1.29, 1.82) is 0 Å². The van der Waals surface area contributed by atoms with E-state index in [0.29, 0.717) is 6.61 Å². The maximum atomic E-state index is 9.10. The van der Waals surface area contributed by atoms with Gasteiger partial charge < -0.3 is 9.84 Å². The number of hydrogen-bond acceptors (Lipinski definition) is 3. The van der Waals surface area contributed by atoms with Crippen molar-refractivity contribution in [3.63, 3.8) is 0 Å². The third kappa shape index (κ3) is 3.42. The molecule has 0 bridgehead atoms. The second-order valence-electron chi connectivity index (χ2n) is 4.48. The summed E-state index contributed by atoms with van der Waals surface area (Å²) in [6, 6.07) is 5.98. The van der Waals surface area contributed by atoms with E-state index < -0.39 is 0 Å². The van der Waals surface area contributed by atoms with Crippen molar-refractivity contribution in [3.8, 4) is 0 Å². The van der Waals surface area contributed by atoms with Crippen molar-refractivity contribution in [1.82, 2.24) is 4.90 Å². The average molecular weight is 256 g/mol. The van der Waals surface area contributed by atoms with E-state index >= 15 is 0 Å². The van der Waals surface area contributed by atoms with Gasteiger partial charge in [0.15, 0.2) is 0 Å². The van der Waals surface area contributed by atoms with E-state index in [0.717, 1.165) is 24.7 Å². The molecule has 0 spiro atoms. The van der Waals surface area contributed by atoms with Crippen LogP contribution in [0.2, 0.25) is 5.02 Å². The van der Waals surface area contributed by atoms with E-state index in [1.165, 1.54) is 11.1 Å². The van der Waals surface area contributed by atoms with Crippen LogP contribution in [0.15, 0.2) is 18.2 Å². The first-order valence-corrected chi connectivity index (χ1v) is 6.26. The van der Waals surface area contributed by atoms with Crippen LogP contribution in [-0.2, 0) is 11.3 Å². The fourth-order valence-electron chi connectivity index (χ4n) is 2.11. The Morgan fingerprint density at radius 1 is 1.53 bits per heavy atom. The molecule has 1 heterocycles. The average Bonchev–Trinajstić information content (AvgIpc) is 2.33. The zero-order valence-electron chi connectivity index (χ0n) is 10.0. The van der Waals surface area contributed by atoms with Gasteiger partial charge in [0.05, 0.1) is 19.3 Å². The van der Waals surface area contributed by atoms with Gasteiger partial charge >= 0.3 is 0 Å². The molecule has 0 aliphatic carbocycles. The van der Waals surface area contributed by atoms with Gasteiger partial charge in [-0.2, -0.15) is 0 Å². The molecule has 1 aromatic carbocycles. The van der Waals surface area contributed by atoms with Crippen molar-refractivity contribution in [3.05, 3.63) is 34.3 Å². The number of aryl methyl sites for hydroxylation is 1. The summed E-state index contributed by atoms with van der Waals surface area (Å²) in [5, 5.41) is 9.88. The van der Waals surface area contributed by atoms with Crippen molar-refractivity contribution < 1.29 is 9.84 Å². The normalized spacial score (nSPS) is 21.7. The molecule has 1 aliphatic heterocycles. The lowest BCUT2D eigenvalue weighted by molar-refractivity contribution is -0.0551. The van der Waals surface area contributed by atoms with Crippen LogP contribution >= 0.6 is 11.6 Å². The lowest BCUT2D eigenvalue weighted by atomic mass is 10.1. The zero-order chi connectivity index (χ0) is 12.3. The molecule has 0 saturated carbocycles. The number of ether oxygens (including phenoxy) is 1. The molecule has 1 aliphatic rings. The molecular weight excluding hydrogens is 238 g/mol. The molecule has 2 rings (SSSR count). The Labute approximate surface area is 107 Å². The van der Waals surface area contributed by atoms with Crippen LogP contribution in [0.1, 0.15) is 11.1 Å². The van der Waals surface area contributed by atoms with E-state index in [-0.39, 0.29) is 12.7 Å². The topological polar surface area (TPSA) is 32.7 Å². The molecule has 0 aromatic heterocycles. The molecule has 94 valence electrons. The van der Waals surface area contributed by atoms with Crippen molar-refractivity contribution in [2.75, 3.05) is 26.3 Å². The fourth-order valence-corrected chi connectivity index (χ4v) is 2.34. The first-order valence-electron chi connectivity index (χ1n) is 5.89. The van der Waals surface area contributed by atoms with Gasteiger partial charge in [0.25, 0.3) is 0 Å². The summed E-state index contributed by atoms with van der Waals surface area (Å²) in [4.78, 5) is 2.31. The Bertz CT molecular complexity index is 384. The monoisotopic (exact) mass is 255 g/mol. The lowest BCUT2D eigenvalue weighted by Crippen LogP contribution is -2.43. The number of aliphatic hydroxyl groups is 1. The Morgan fingerprint density at radius 2 is 2.35 bits per heavy atom. The Morgan fingerprint density at radius 3 is 3.06 bits per heavy atom. The van der Waals surface area contributed by atoms with Crippen molar-refractivity contribution in [2.24, 2.45) is 0 Å². The number of morpholine rings is 1. The minimum Gasteiger partial charge on any atom is -0.394 e. The van der Waals surface area contributed by atoms with Crippen LogP contribution in [0.4, 0.5) is 0 Å². The minimum atomic E-state index is -0.0450. The van der Waals surface area contributed by atoms with Gasteiger partial charge in [0.1, 0.15) is 0 Å². The molecule has 1 saturated heterocycles. The summed E-state index contributed by atoms with van der Waals surface area (Å²) in [5.74, 6) is 0. The predicted molar refractivity (Wildman–Crippen MR) is 68.3 cm³/mol. The summed E-state index contributed by atoms with van der Waals surface area (Å²) in [6.07, 6.45) is -0.0450. The second-order valence-corrected chi connectivity index (χ2v) is 4.92. The molecule has 0 radical (unpaired) electrons. The highest BCUT2D eigenvalue weighted by Gasteiger charge is 2.19. The van der Waals surface area contributed by atoms with E-state index in [9.17, 15) is 0 Å². The Balaban J connectivity index is 2.00. The van der Waals surface area contributed by atoms with E-state index in [2.05, 4.69) is 17.9 Å². The second kappa shape index (κ2) is 5.83. The van der Waals surface area contributed by atoms with E-state index in [1.54, 1.807) is 0 Å². The first-order chi connectivity index (χ1) is 8.19. The van der Waals surface area contributed by atoms with Gasteiger partial charge in [-0.25, -0.2) is 0 Å². The molecule has 3 nitrogen and oxygen atoms in total. The van der Waals surface area contributed by atoms with Crippen LogP contribution in [0.5, 0.6) is 0 Å². The van der Waals surface area contributed by atoms with Crippen LogP contribution in [0, 0.1) is 6.92 Å². The SMILES string of the molecule is Cc1cc(Cl)ccc1CN1CCO[C@@H](CO)C1. The number of hydrogen-bond donors (Lipinski definition) is 1. The highest BCUT2D eigenvalue weighted by Crippen LogP contribution is 2.18. The van der Waals surface area contributed by atoms with E-state index in [4.69, 9.17) is 21.4 Å². The summed E-state index contributed by atoms with van der Waals surface area (Å²) in [7, 11) is 0. The molecule has 0 unspecified atom stereocenters. The van der Waals surface area contributed by atoms with E-state index in [1.807, 2.05) is 12.1 Å². The largest absolute Gasteiger partial charge is 0.394 e. The maximum absolute atomic E-state index is 9.10. The van der Waals surface area contributed by atoms with Crippen molar-refractivity contribution >= 4 is 11.6 Å². The minimum absolute atomic E-state index is 0.0450. The molecule has 1 fully saturated rings. The zero-order valence-corrected chi connectivity index (χ0v) is 10.8. The molecule has 0 amide bonds. The quantitative estimate of drug-likeness (QED) is 0.895. The van der Waals surface area contributed by atoms with Gasteiger partial charge in [-0.1, -0.05) is 17.7 Å². The van der Waals surface area contributed by atoms with Crippen LogP contribution in [0.25, 0.3) is 0 Å². The number of nitrogens with zero attached hydrogens (tertiary/aromatic N) is 1. The third-order valence-corrected chi connectivity index (χ3v) is 3.36. The third-order valence-electron chi connectivity index (χ3n) is 3.13. The van der Waals surface area contributed by atoms with Crippen LogP contribution in [0.3, 0.4) is 0 Å². The summed E-state index contributed by atoms with van der Waals surface area (Å²) < 4.78 is 5.43. The first kappa shape index (κ1) is 12.8. The fraction of sp³-hybridized carbons (Fsp3) is 0.538. The van der Waals surface area contributed by atoms with Crippen LogP contribution in [-0.4, -0.2) is 42.4 Å². The van der Waals surface area contributed by atoms with Gasteiger partial charge in [-0.3, -0.25) is 4.90 Å². The van der Waals surface area contributed by atoms with Crippen molar-refractivity contribution in [2.45, 2.75) is 19.6 Å². The standard InChI is InChI=1S/C13H18ClNO2/c1-10-6-12(14)3-2-11(10)7-15-4-5-17-13(8-15)9-16/h2-3,6,13,16H,4-5,7-9H2,1H3/t13-/m1/s1. The summed E-state index contributed by atoms with van der Waals surface area (Å²) >= 11 is 5.94. The number of benzene rings is 1. The summed E-state index contributed by atoms with van der Waals surface area (Å²) in [5.41, 5.74) is 2.50. The number of halogens is 1. The Kier molecular flexibility index (Phi) is 4.40. The number of rotatable bonds is 3. The maximum Gasteiger partial charge on any atom is 0.0933 e. The van der Waals surface area contributed by atoms with Gasteiger partial charge in [0, 0.05) is 24.7 Å². The van der Waals surface area contributed by atoms with Gasteiger partial charge in [-0.05, 0) is 30.2 Å². The predicted octanol–water partition coefficient (Wildman–Crippen LogP) is 1.84. The highest BCUT2D eigenvalue weighted by atomic mass is 35.5. The molecule has 4 heteroatoms. The molecular formula is C13H18ClNO2. The van der Waals surface area contributed by atoms with Crippen LogP contribution < -0.4 is 0 Å².